The number of H-pyrrole nitrogens is 1. The van der Waals surface area contributed by atoms with Crippen LogP contribution in [0.4, 0.5) is 0 Å². The van der Waals surface area contributed by atoms with Crippen LogP contribution in [0.25, 0.3) is 0 Å². The molecule has 2 aliphatic heterocycles. The lowest BCUT2D eigenvalue weighted by Crippen LogP contribution is -2.39. The van der Waals surface area contributed by atoms with Gasteiger partial charge in [-0.3, -0.25) is 18.9 Å². The highest BCUT2D eigenvalue weighted by molar-refractivity contribution is 7.57. The quantitative estimate of drug-likeness (QED) is 0.779. The van der Waals surface area contributed by atoms with Crippen LogP contribution in [0.1, 0.15) is 12.6 Å². The maximum Gasteiger partial charge on any atom is 0.353 e. The van der Waals surface area contributed by atoms with Crippen molar-refractivity contribution in [3.8, 4) is 0 Å². The van der Waals surface area contributed by atoms with E-state index in [2.05, 4.69) is 4.98 Å². The summed E-state index contributed by atoms with van der Waals surface area (Å²) < 4.78 is 34.6. The van der Waals surface area contributed by atoms with Crippen molar-refractivity contribution < 1.29 is 23.1 Å². The minimum atomic E-state index is -3.31. The molecule has 0 spiro atoms. The van der Waals surface area contributed by atoms with Crippen molar-refractivity contribution in [3.63, 3.8) is 0 Å². The fourth-order valence-electron chi connectivity index (χ4n) is 2.73. The van der Waals surface area contributed by atoms with E-state index in [1.165, 1.54) is 36.9 Å². The molecule has 1 aromatic rings. The minimum absolute atomic E-state index is 0.274. The Kier molecular flexibility index (Phi) is 4.16. The van der Waals surface area contributed by atoms with Crippen LogP contribution in [0.2, 0.25) is 0 Å². The molecular formula is C13H17N2O7P. The van der Waals surface area contributed by atoms with Crippen molar-refractivity contribution in [2.24, 2.45) is 0 Å². The first kappa shape index (κ1) is 16.4. The van der Waals surface area contributed by atoms with E-state index >= 15 is 0 Å². The molecule has 0 aliphatic carbocycles. The lowest BCUT2D eigenvalue weighted by atomic mass is 10.0. The number of aromatic amines is 1. The normalized spacial score (nSPS) is 30.3. The van der Waals surface area contributed by atoms with Crippen LogP contribution >= 0.6 is 7.60 Å². The average molecular weight is 344 g/mol. The average Bonchev–Trinajstić information content (AvgIpc) is 3.11. The molecule has 3 atom stereocenters. The van der Waals surface area contributed by atoms with E-state index in [0.717, 1.165) is 0 Å². The van der Waals surface area contributed by atoms with E-state index in [0.29, 0.717) is 6.42 Å². The Labute approximate surface area is 131 Å². The van der Waals surface area contributed by atoms with Gasteiger partial charge in [0, 0.05) is 38.7 Å². The second-order valence-electron chi connectivity index (χ2n) is 5.36. The predicted octanol–water partition coefficient (Wildman–Crippen LogP) is 0.593. The molecule has 126 valence electrons. The molecule has 2 aliphatic rings. The monoisotopic (exact) mass is 344 g/mol. The van der Waals surface area contributed by atoms with Gasteiger partial charge in [-0.2, -0.15) is 0 Å². The van der Waals surface area contributed by atoms with Crippen LogP contribution in [-0.2, 0) is 23.1 Å². The van der Waals surface area contributed by atoms with Crippen LogP contribution in [0, 0.1) is 0 Å². The smallest absolute Gasteiger partial charge is 0.353 e. The summed E-state index contributed by atoms with van der Waals surface area (Å²) in [6.07, 6.45) is 2.45. The summed E-state index contributed by atoms with van der Waals surface area (Å²) in [6, 6.07) is 1.24. The highest BCUT2D eigenvalue weighted by Gasteiger charge is 2.53. The third-order valence-electron chi connectivity index (χ3n) is 3.96. The third-order valence-corrected chi connectivity index (χ3v) is 5.49. The second-order valence-corrected chi connectivity index (χ2v) is 7.47. The first-order chi connectivity index (χ1) is 10.9. The largest absolute Gasteiger partial charge is 0.370 e. The standard InChI is InChI=1S/C13H17N2O7P/c1-19-23(18,20-2)6-4-13-7-9(21-8-13)11(22-13)15-5-3-10(16)14-12(15)17/h3-6,9,11H,7-8H2,1-2H3,(H,14,16,17)/b6-4+/t9-,11-,13-/m1/s1. The summed E-state index contributed by atoms with van der Waals surface area (Å²) in [4.78, 5) is 25.2. The summed E-state index contributed by atoms with van der Waals surface area (Å²) in [5, 5.41) is 0. The third kappa shape index (κ3) is 2.98. The summed E-state index contributed by atoms with van der Waals surface area (Å²) in [7, 11) is -0.731. The Morgan fingerprint density at radius 1 is 1.43 bits per heavy atom. The Balaban J connectivity index is 1.86. The molecule has 0 unspecified atom stereocenters. The zero-order valence-corrected chi connectivity index (χ0v) is 13.5. The van der Waals surface area contributed by atoms with Crippen LogP contribution < -0.4 is 11.2 Å². The zero-order valence-electron chi connectivity index (χ0n) is 12.6. The maximum atomic E-state index is 12.1. The maximum absolute atomic E-state index is 12.1. The molecule has 2 saturated heterocycles. The van der Waals surface area contributed by atoms with Gasteiger partial charge < -0.3 is 18.5 Å². The summed E-state index contributed by atoms with van der Waals surface area (Å²) in [5.41, 5.74) is -1.86. The molecule has 0 saturated carbocycles. The lowest BCUT2D eigenvalue weighted by molar-refractivity contribution is -0.155. The Morgan fingerprint density at radius 2 is 2.17 bits per heavy atom. The van der Waals surface area contributed by atoms with Gasteiger partial charge in [-0.1, -0.05) is 0 Å². The summed E-state index contributed by atoms with van der Waals surface area (Å²) >= 11 is 0. The SMILES string of the molecule is COP(=O)(/C=C/[C@]12CO[C@H](C1)[C@H](n1ccc(=O)[nH]c1=O)O2)OC. The molecule has 1 N–H and O–H groups in total. The van der Waals surface area contributed by atoms with Gasteiger partial charge in [0.1, 0.15) is 11.7 Å². The van der Waals surface area contributed by atoms with Gasteiger partial charge in [0.25, 0.3) is 5.56 Å². The highest BCUT2D eigenvalue weighted by Crippen LogP contribution is 2.51. The van der Waals surface area contributed by atoms with Crippen LogP contribution in [0.5, 0.6) is 0 Å². The Hall–Kier alpha value is -1.51. The highest BCUT2D eigenvalue weighted by atomic mass is 31.2. The molecular weight excluding hydrogens is 327 g/mol. The second kappa shape index (κ2) is 5.85. The van der Waals surface area contributed by atoms with Crippen molar-refractivity contribution in [2.75, 3.05) is 20.8 Å². The first-order valence-electron chi connectivity index (χ1n) is 6.93. The van der Waals surface area contributed by atoms with Gasteiger partial charge in [-0.25, -0.2) is 4.79 Å². The van der Waals surface area contributed by atoms with E-state index < -0.39 is 30.7 Å². The number of nitrogens with zero attached hydrogens (tertiary/aromatic N) is 1. The van der Waals surface area contributed by atoms with Gasteiger partial charge in [-0.15, -0.1) is 0 Å². The van der Waals surface area contributed by atoms with E-state index in [9.17, 15) is 14.2 Å². The number of fused-ring (bicyclic) bond motifs is 2. The molecule has 2 fully saturated rings. The van der Waals surface area contributed by atoms with Gasteiger partial charge in [0.2, 0.25) is 0 Å². The van der Waals surface area contributed by atoms with Crippen molar-refractivity contribution in [1.82, 2.24) is 9.55 Å². The molecule has 0 radical (unpaired) electrons. The van der Waals surface area contributed by atoms with E-state index in [-0.39, 0.29) is 12.7 Å². The molecule has 10 heteroatoms. The van der Waals surface area contributed by atoms with Crippen molar-refractivity contribution in [2.45, 2.75) is 24.4 Å². The molecule has 23 heavy (non-hydrogen) atoms. The Bertz CT molecular complexity index is 777. The molecule has 0 aromatic carbocycles. The summed E-state index contributed by atoms with van der Waals surface area (Å²) in [5.74, 6) is 1.33. The number of rotatable bonds is 5. The number of aromatic nitrogens is 2. The van der Waals surface area contributed by atoms with Crippen LogP contribution in [-0.4, -0.2) is 42.1 Å². The molecule has 3 heterocycles. The van der Waals surface area contributed by atoms with Crippen molar-refractivity contribution >= 4 is 7.60 Å². The molecule has 2 bridgehead atoms. The molecule has 0 amide bonds. The van der Waals surface area contributed by atoms with E-state index in [4.69, 9.17) is 18.5 Å². The molecule has 1 aromatic heterocycles. The molecule has 3 rings (SSSR count). The number of ether oxygens (including phenoxy) is 2. The van der Waals surface area contributed by atoms with Gasteiger partial charge >= 0.3 is 13.3 Å². The van der Waals surface area contributed by atoms with Crippen LogP contribution in [0.3, 0.4) is 0 Å². The number of nitrogens with one attached hydrogen (secondary N) is 1. The van der Waals surface area contributed by atoms with Crippen molar-refractivity contribution in [1.29, 1.82) is 0 Å². The Morgan fingerprint density at radius 3 is 2.83 bits per heavy atom. The van der Waals surface area contributed by atoms with Gasteiger partial charge in [-0.05, 0) is 6.08 Å². The van der Waals surface area contributed by atoms with Crippen molar-refractivity contribution in [3.05, 3.63) is 45.0 Å². The topological polar surface area (TPSA) is 109 Å². The fourth-order valence-corrected chi connectivity index (χ4v) is 3.58. The van der Waals surface area contributed by atoms with Crippen LogP contribution in [0.15, 0.2) is 33.7 Å². The minimum Gasteiger partial charge on any atom is -0.370 e. The first-order valence-corrected chi connectivity index (χ1v) is 8.54. The zero-order chi connectivity index (χ0) is 16.7. The summed E-state index contributed by atoms with van der Waals surface area (Å²) in [6.45, 7) is 0.274. The van der Waals surface area contributed by atoms with E-state index in [1.54, 1.807) is 6.08 Å². The lowest BCUT2D eigenvalue weighted by Gasteiger charge is -2.29. The van der Waals surface area contributed by atoms with Gasteiger partial charge in [0.15, 0.2) is 6.23 Å². The van der Waals surface area contributed by atoms with Gasteiger partial charge in [0.05, 0.1) is 6.61 Å². The predicted molar refractivity (Wildman–Crippen MR) is 79.3 cm³/mol. The number of hydrogen-bond donors (Lipinski definition) is 1. The van der Waals surface area contributed by atoms with E-state index in [1.807, 2.05) is 0 Å². The fraction of sp³-hybridized carbons (Fsp3) is 0.538. The molecule has 9 nitrogen and oxygen atoms in total. The number of hydrogen-bond acceptors (Lipinski definition) is 7.